The lowest BCUT2D eigenvalue weighted by atomic mass is 9.81. The maximum absolute atomic E-state index is 13.7. The van der Waals surface area contributed by atoms with E-state index >= 15 is 0 Å². The van der Waals surface area contributed by atoms with Crippen molar-refractivity contribution in [2.24, 2.45) is 11.3 Å². The van der Waals surface area contributed by atoms with E-state index in [1.165, 1.54) is 6.07 Å². The highest BCUT2D eigenvalue weighted by molar-refractivity contribution is 5.83. The molecule has 2 aliphatic heterocycles. The van der Waals surface area contributed by atoms with E-state index in [4.69, 9.17) is 0 Å². The molecule has 0 aromatic heterocycles. The highest BCUT2D eigenvalue weighted by Crippen LogP contribution is 2.42. The normalized spacial score (nSPS) is 25.8. The summed E-state index contributed by atoms with van der Waals surface area (Å²) in [7, 11) is 0. The van der Waals surface area contributed by atoms with Gasteiger partial charge >= 0.3 is 5.97 Å². The number of carboxylic acid groups (broad SMARTS) is 1. The molecule has 1 N–H and O–H groups in total. The number of rotatable bonds is 5. The molecule has 1 aromatic carbocycles. The molecule has 134 valence electrons. The lowest BCUT2D eigenvalue weighted by Crippen LogP contribution is -2.42. The third-order valence-corrected chi connectivity index (χ3v) is 5.44. The number of carbonyl (C=O) groups is 2. The molecule has 3 rings (SSSR count). The Morgan fingerprint density at radius 1 is 1.40 bits per heavy atom. The Morgan fingerprint density at radius 3 is 2.76 bits per heavy atom. The van der Waals surface area contributed by atoms with Crippen molar-refractivity contribution in [2.45, 2.75) is 13.3 Å². The molecular weight excluding hydrogens is 323 g/mol. The molecule has 0 radical (unpaired) electrons. The second kappa shape index (κ2) is 6.59. The van der Waals surface area contributed by atoms with Crippen LogP contribution < -0.4 is 0 Å². The maximum atomic E-state index is 13.7. The monoisotopic (exact) mass is 346 g/mol. The minimum absolute atomic E-state index is 0.0800. The van der Waals surface area contributed by atoms with Gasteiger partial charge in [0.25, 0.3) is 0 Å². The van der Waals surface area contributed by atoms with Gasteiger partial charge in [-0.2, -0.15) is 0 Å². The summed E-state index contributed by atoms with van der Waals surface area (Å²) in [5.41, 5.74) is 0.249. The van der Waals surface area contributed by atoms with E-state index in [2.05, 4.69) is 11.5 Å². The van der Waals surface area contributed by atoms with Crippen LogP contribution >= 0.6 is 0 Å². The van der Waals surface area contributed by atoms with Gasteiger partial charge in [0.1, 0.15) is 11.2 Å². The molecule has 0 saturated carbocycles. The van der Waals surface area contributed by atoms with Crippen LogP contribution in [-0.4, -0.2) is 59.5 Å². The molecule has 0 bridgehead atoms. The summed E-state index contributed by atoms with van der Waals surface area (Å²) in [6.07, 6.45) is 1.86. The number of aliphatic carboxylic acids is 1. The summed E-state index contributed by atoms with van der Waals surface area (Å²) >= 11 is 0. The Bertz CT molecular complexity index is 721. The summed E-state index contributed by atoms with van der Waals surface area (Å²) in [6.45, 7) is 7.77. The molecule has 0 aliphatic carbocycles. The minimum atomic E-state index is -0.906. The van der Waals surface area contributed by atoms with Crippen LogP contribution in [-0.2, 0) is 16.0 Å². The van der Waals surface area contributed by atoms with E-state index in [0.29, 0.717) is 37.3 Å². The SMILES string of the molecule is C=CCN1C[C@H]2CN(C(=O)Cc3ccc(C)c(F)c3)C[C@@]2(C(=O)O)C1. The number of carboxylic acids is 1. The predicted molar refractivity (Wildman–Crippen MR) is 91.6 cm³/mol. The van der Waals surface area contributed by atoms with Gasteiger partial charge < -0.3 is 10.0 Å². The van der Waals surface area contributed by atoms with Gasteiger partial charge in [-0.1, -0.05) is 18.2 Å². The molecule has 2 fully saturated rings. The molecule has 0 spiro atoms. The van der Waals surface area contributed by atoms with Crippen molar-refractivity contribution in [1.29, 1.82) is 0 Å². The van der Waals surface area contributed by atoms with Crippen LogP contribution in [0.15, 0.2) is 30.9 Å². The van der Waals surface area contributed by atoms with Crippen molar-refractivity contribution >= 4 is 11.9 Å². The number of amides is 1. The number of aryl methyl sites for hydroxylation is 1. The van der Waals surface area contributed by atoms with Crippen molar-refractivity contribution in [3.63, 3.8) is 0 Å². The van der Waals surface area contributed by atoms with Crippen LogP contribution in [0, 0.1) is 24.1 Å². The topological polar surface area (TPSA) is 60.9 Å². The third-order valence-electron chi connectivity index (χ3n) is 5.44. The molecule has 1 aromatic rings. The zero-order valence-electron chi connectivity index (χ0n) is 14.4. The smallest absolute Gasteiger partial charge is 0.313 e. The standard InChI is InChI=1S/C19H23FN2O3/c1-3-6-21-9-15-10-22(12-19(15,11-21)18(24)25)17(23)8-14-5-4-13(2)16(20)7-14/h3-5,7,15H,1,6,8-12H2,2H3,(H,24,25)/t15-,19-/m0/s1. The third kappa shape index (κ3) is 3.18. The first-order valence-electron chi connectivity index (χ1n) is 8.45. The first kappa shape index (κ1) is 17.6. The van der Waals surface area contributed by atoms with Crippen LogP contribution in [0.3, 0.4) is 0 Å². The number of nitrogens with zero attached hydrogens (tertiary/aromatic N) is 2. The second-order valence-electron chi connectivity index (χ2n) is 7.18. The number of hydrogen-bond donors (Lipinski definition) is 1. The fraction of sp³-hybridized carbons (Fsp3) is 0.474. The minimum Gasteiger partial charge on any atom is -0.481 e. The number of fused-ring (bicyclic) bond motifs is 1. The van der Waals surface area contributed by atoms with E-state index in [1.807, 2.05) is 0 Å². The van der Waals surface area contributed by atoms with Gasteiger partial charge in [-0.15, -0.1) is 6.58 Å². The van der Waals surface area contributed by atoms with Gasteiger partial charge in [-0.25, -0.2) is 4.39 Å². The van der Waals surface area contributed by atoms with Crippen molar-refractivity contribution in [3.05, 3.63) is 47.8 Å². The number of likely N-dealkylation sites (tertiary alicyclic amines) is 2. The Morgan fingerprint density at radius 2 is 2.16 bits per heavy atom. The Labute approximate surface area is 146 Å². The first-order valence-corrected chi connectivity index (χ1v) is 8.45. The zero-order chi connectivity index (χ0) is 18.2. The van der Waals surface area contributed by atoms with Crippen molar-refractivity contribution in [2.75, 3.05) is 32.7 Å². The Balaban J connectivity index is 1.71. The van der Waals surface area contributed by atoms with Gasteiger partial charge in [-0.3, -0.25) is 14.5 Å². The molecular formula is C19H23FN2O3. The van der Waals surface area contributed by atoms with E-state index in [1.54, 1.807) is 30.0 Å². The average Bonchev–Trinajstić information content (AvgIpc) is 3.06. The maximum Gasteiger partial charge on any atom is 0.313 e. The van der Waals surface area contributed by atoms with Crippen LogP contribution in [0.2, 0.25) is 0 Å². The lowest BCUT2D eigenvalue weighted by Gasteiger charge is -2.25. The largest absolute Gasteiger partial charge is 0.481 e. The first-order chi connectivity index (χ1) is 11.9. The van der Waals surface area contributed by atoms with E-state index in [9.17, 15) is 19.1 Å². The molecule has 1 amide bonds. The van der Waals surface area contributed by atoms with Crippen molar-refractivity contribution in [1.82, 2.24) is 9.80 Å². The number of hydrogen-bond acceptors (Lipinski definition) is 3. The van der Waals surface area contributed by atoms with Crippen LogP contribution in [0.5, 0.6) is 0 Å². The van der Waals surface area contributed by atoms with Crippen LogP contribution in [0.4, 0.5) is 4.39 Å². The fourth-order valence-corrected chi connectivity index (χ4v) is 4.02. The van der Waals surface area contributed by atoms with Gasteiger partial charge in [0, 0.05) is 38.6 Å². The molecule has 2 heterocycles. The Hall–Kier alpha value is -2.21. The van der Waals surface area contributed by atoms with Crippen molar-refractivity contribution in [3.8, 4) is 0 Å². The number of halogens is 1. The highest BCUT2D eigenvalue weighted by atomic mass is 19.1. The summed E-state index contributed by atoms with van der Waals surface area (Å²) in [6, 6.07) is 4.78. The van der Waals surface area contributed by atoms with Crippen LogP contribution in [0.25, 0.3) is 0 Å². The summed E-state index contributed by atoms with van der Waals surface area (Å²) in [4.78, 5) is 28.2. The molecule has 2 aliphatic rings. The van der Waals surface area contributed by atoms with Gasteiger partial charge in [0.15, 0.2) is 0 Å². The zero-order valence-corrected chi connectivity index (χ0v) is 14.4. The highest BCUT2D eigenvalue weighted by Gasteiger charge is 2.58. The molecule has 5 nitrogen and oxygen atoms in total. The number of benzene rings is 1. The summed E-state index contributed by atoms with van der Waals surface area (Å²) in [5.74, 6) is -1.40. The van der Waals surface area contributed by atoms with Gasteiger partial charge in [-0.05, 0) is 24.1 Å². The summed E-state index contributed by atoms with van der Waals surface area (Å²) < 4.78 is 13.7. The van der Waals surface area contributed by atoms with Gasteiger partial charge in [0.2, 0.25) is 5.91 Å². The molecule has 2 saturated heterocycles. The molecule has 6 heteroatoms. The molecule has 25 heavy (non-hydrogen) atoms. The van der Waals surface area contributed by atoms with Crippen molar-refractivity contribution < 1.29 is 19.1 Å². The summed E-state index contributed by atoms with van der Waals surface area (Å²) in [5, 5.41) is 9.78. The quantitative estimate of drug-likeness (QED) is 0.825. The molecule has 2 atom stereocenters. The fourth-order valence-electron chi connectivity index (χ4n) is 4.02. The number of carbonyl (C=O) groups excluding carboxylic acids is 1. The van der Waals surface area contributed by atoms with E-state index in [-0.39, 0.29) is 30.6 Å². The van der Waals surface area contributed by atoms with Gasteiger partial charge in [0.05, 0.1) is 6.42 Å². The van der Waals surface area contributed by atoms with E-state index < -0.39 is 11.4 Å². The van der Waals surface area contributed by atoms with Crippen LogP contribution in [0.1, 0.15) is 11.1 Å². The second-order valence-corrected chi connectivity index (χ2v) is 7.18. The Kier molecular flexibility index (Phi) is 4.64. The average molecular weight is 346 g/mol. The predicted octanol–water partition coefficient (Wildman–Crippen LogP) is 1.71. The molecule has 0 unspecified atom stereocenters. The van der Waals surface area contributed by atoms with E-state index in [0.717, 1.165) is 0 Å². The lowest BCUT2D eigenvalue weighted by molar-refractivity contribution is -0.149.